The topological polar surface area (TPSA) is 43.1 Å². The SMILES string of the molecule is Nc1ccccc1.O=c1c2ccccc2sc2ccccc12. The molecule has 0 spiro atoms. The Kier molecular flexibility index (Phi) is 4.17. The lowest BCUT2D eigenvalue weighted by Crippen LogP contribution is -1.99. The summed E-state index contributed by atoms with van der Waals surface area (Å²) in [5.41, 5.74) is 6.32. The Labute approximate surface area is 132 Å². The normalized spacial score (nSPS) is 10.2. The molecule has 0 saturated carbocycles. The fourth-order valence-electron chi connectivity index (χ4n) is 2.20. The van der Waals surface area contributed by atoms with Crippen molar-refractivity contribution in [2.75, 3.05) is 5.73 Å². The van der Waals surface area contributed by atoms with E-state index in [0.717, 1.165) is 25.9 Å². The van der Waals surface area contributed by atoms with E-state index in [1.165, 1.54) is 0 Å². The maximum atomic E-state index is 12.1. The Balaban J connectivity index is 0.000000174. The van der Waals surface area contributed by atoms with Gasteiger partial charge >= 0.3 is 0 Å². The van der Waals surface area contributed by atoms with E-state index in [0.29, 0.717) is 0 Å². The molecular formula is C19H15NOS. The number of hydrogen-bond donors (Lipinski definition) is 1. The molecule has 4 rings (SSSR count). The van der Waals surface area contributed by atoms with Gasteiger partial charge in [-0.1, -0.05) is 42.5 Å². The minimum Gasteiger partial charge on any atom is -0.399 e. The van der Waals surface area contributed by atoms with Crippen molar-refractivity contribution < 1.29 is 0 Å². The van der Waals surface area contributed by atoms with E-state index in [4.69, 9.17) is 5.73 Å². The van der Waals surface area contributed by atoms with Gasteiger partial charge in [-0.15, -0.1) is 11.3 Å². The number of benzene rings is 3. The summed E-state index contributed by atoms with van der Waals surface area (Å²) < 4.78 is 2.11. The maximum absolute atomic E-state index is 12.1. The maximum Gasteiger partial charge on any atom is 0.195 e. The van der Waals surface area contributed by atoms with Crippen molar-refractivity contribution in [1.29, 1.82) is 0 Å². The van der Waals surface area contributed by atoms with Crippen LogP contribution in [0.15, 0.2) is 83.7 Å². The lowest BCUT2D eigenvalue weighted by atomic mass is 10.2. The predicted molar refractivity (Wildman–Crippen MR) is 96.5 cm³/mol. The average Bonchev–Trinajstić information content (AvgIpc) is 2.57. The Morgan fingerprint density at radius 2 is 1.09 bits per heavy atom. The molecule has 4 aromatic rings. The number of nitrogen functional groups attached to an aromatic ring is 1. The summed E-state index contributed by atoms with van der Waals surface area (Å²) in [6, 6.07) is 25.0. The third kappa shape index (κ3) is 3.00. The zero-order chi connectivity index (χ0) is 15.4. The quantitative estimate of drug-likeness (QED) is 0.378. The van der Waals surface area contributed by atoms with Gasteiger partial charge in [0.05, 0.1) is 0 Å². The van der Waals surface area contributed by atoms with Crippen molar-refractivity contribution in [2.45, 2.75) is 0 Å². The lowest BCUT2D eigenvalue weighted by Gasteiger charge is -1.99. The molecule has 0 aliphatic rings. The van der Waals surface area contributed by atoms with Gasteiger partial charge in [0.2, 0.25) is 0 Å². The number of fused-ring (bicyclic) bond motifs is 2. The molecule has 0 aliphatic heterocycles. The number of rotatable bonds is 0. The van der Waals surface area contributed by atoms with Crippen LogP contribution in [-0.2, 0) is 0 Å². The van der Waals surface area contributed by atoms with Gasteiger partial charge in [-0.2, -0.15) is 0 Å². The molecule has 0 unspecified atom stereocenters. The number of hydrogen-bond acceptors (Lipinski definition) is 3. The van der Waals surface area contributed by atoms with Gasteiger partial charge in [-0.3, -0.25) is 4.79 Å². The standard InChI is InChI=1S/C13H8OS.C6H7N/c14-13-9-5-1-3-7-11(9)15-12-8-4-2-6-10(12)13;7-6-4-2-1-3-5-6/h1-8H;1-5H,7H2. The van der Waals surface area contributed by atoms with Gasteiger partial charge in [0.15, 0.2) is 5.43 Å². The van der Waals surface area contributed by atoms with E-state index in [1.54, 1.807) is 11.3 Å². The Bertz CT molecular complexity index is 904. The molecule has 0 aliphatic carbocycles. The second-order valence-corrected chi connectivity index (χ2v) is 5.92. The van der Waals surface area contributed by atoms with Crippen LogP contribution >= 0.6 is 11.3 Å². The van der Waals surface area contributed by atoms with E-state index >= 15 is 0 Å². The van der Waals surface area contributed by atoms with Crippen LogP contribution in [0.2, 0.25) is 0 Å². The first-order valence-corrected chi connectivity index (χ1v) is 7.78. The smallest absolute Gasteiger partial charge is 0.195 e. The Hall–Kier alpha value is -2.65. The summed E-state index contributed by atoms with van der Waals surface area (Å²) in [5, 5.41) is 1.64. The van der Waals surface area contributed by atoms with E-state index in [9.17, 15) is 4.79 Å². The lowest BCUT2D eigenvalue weighted by molar-refractivity contribution is 1.69. The van der Waals surface area contributed by atoms with E-state index < -0.39 is 0 Å². The van der Waals surface area contributed by atoms with Crippen molar-refractivity contribution >= 4 is 37.2 Å². The fourth-order valence-corrected chi connectivity index (χ4v) is 3.27. The van der Waals surface area contributed by atoms with E-state index in [2.05, 4.69) is 0 Å². The highest BCUT2D eigenvalue weighted by molar-refractivity contribution is 7.24. The molecular weight excluding hydrogens is 290 g/mol. The molecule has 1 aromatic heterocycles. The zero-order valence-corrected chi connectivity index (χ0v) is 12.7. The molecule has 108 valence electrons. The summed E-state index contributed by atoms with van der Waals surface area (Å²) in [7, 11) is 0. The molecule has 0 atom stereocenters. The monoisotopic (exact) mass is 305 g/mol. The van der Waals surface area contributed by atoms with E-state index in [-0.39, 0.29) is 5.43 Å². The highest BCUT2D eigenvalue weighted by atomic mass is 32.1. The predicted octanol–water partition coefficient (Wildman–Crippen LogP) is 4.68. The fraction of sp³-hybridized carbons (Fsp3) is 0. The molecule has 0 fully saturated rings. The van der Waals surface area contributed by atoms with Crippen molar-refractivity contribution in [2.24, 2.45) is 0 Å². The minimum atomic E-state index is 0.139. The third-order valence-electron chi connectivity index (χ3n) is 3.28. The molecule has 3 aromatic carbocycles. The second kappa shape index (κ2) is 6.41. The minimum absolute atomic E-state index is 0.139. The highest BCUT2D eigenvalue weighted by Crippen LogP contribution is 2.23. The van der Waals surface area contributed by atoms with E-state index in [1.807, 2.05) is 78.9 Å². The number of anilines is 1. The summed E-state index contributed by atoms with van der Waals surface area (Å²) in [4.78, 5) is 12.1. The van der Waals surface area contributed by atoms with Gasteiger partial charge in [0, 0.05) is 25.9 Å². The summed E-state index contributed by atoms with van der Waals surface area (Å²) in [6.45, 7) is 0. The zero-order valence-electron chi connectivity index (χ0n) is 11.9. The van der Waals surface area contributed by atoms with Crippen molar-refractivity contribution in [1.82, 2.24) is 0 Å². The van der Waals surface area contributed by atoms with Crippen LogP contribution in [0.5, 0.6) is 0 Å². The van der Waals surface area contributed by atoms with Crippen LogP contribution in [0.4, 0.5) is 5.69 Å². The van der Waals surface area contributed by atoms with Crippen LogP contribution in [0.1, 0.15) is 0 Å². The third-order valence-corrected chi connectivity index (χ3v) is 4.43. The van der Waals surface area contributed by atoms with Gasteiger partial charge < -0.3 is 5.73 Å². The molecule has 22 heavy (non-hydrogen) atoms. The van der Waals surface area contributed by atoms with Crippen LogP contribution in [-0.4, -0.2) is 0 Å². The first kappa shape index (κ1) is 14.3. The molecule has 2 N–H and O–H groups in total. The van der Waals surface area contributed by atoms with Gasteiger partial charge in [-0.25, -0.2) is 0 Å². The molecule has 0 saturated heterocycles. The van der Waals surface area contributed by atoms with Gasteiger partial charge in [-0.05, 0) is 36.4 Å². The average molecular weight is 305 g/mol. The molecule has 1 heterocycles. The summed E-state index contributed by atoms with van der Waals surface area (Å²) in [6.07, 6.45) is 0. The number of para-hydroxylation sites is 1. The van der Waals surface area contributed by atoms with Gasteiger partial charge in [0.1, 0.15) is 0 Å². The van der Waals surface area contributed by atoms with Gasteiger partial charge in [0.25, 0.3) is 0 Å². The first-order chi connectivity index (χ1) is 10.8. The molecule has 0 amide bonds. The molecule has 0 radical (unpaired) electrons. The highest BCUT2D eigenvalue weighted by Gasteiger charge is 2.03. The summed E-state index contributed by atoms with van der Waals surface area (Å²) >= 11 is 1.67. The Morgan fingerprint density at radius 3 is 1.55 bits per heavy atom. The van der Waals surface area contributed by atoms with Crippen LogP contribution < -0.4 is 11.2 Å². The second-order valence-electron chi connectivity index (χ2n) is 4.83. The van der Waals surface area contributed by atoms with Crippen LogP contribution in [0.3, 0.4) is 0 Å². The van der Waals surface area contributed by atoms with Crippen LogP contribution in [0.25, 0.3) is 20.2 Å². The first-order valence-electron chi connectivity index (χ1n) is 6.97. The molecule has 2 nitrogen and oxygen atoms in total. The van der Waals surface area contributed by atoms with Crippen molar-refractivity contribution in [3.63, 3.8) is 0 Å². The van der Waals surface area contributed by atoms with Crippen molar-refractivity contribution in [3.8, 4) is 0 Å². The van der Waals surface area contributed by atoms with Crippen LogP contribution in [0, 0.1) is 0 Å². The summed E-state index contributed by atoms with van der Waals surface area (Å²) in [5.74, 6) is 0. The number of nitrogens with two attached hydrogens (primary N) is 1. The molecule has 3 heteroatoms. The Morgan fingerprint density at radius 1 is 0.636 bits per heavy atom. The molecule has 0 bridgehead atoms. The van der Waals surface area contributed by atoms with Crippen molar-refractivity contribution in [3.05, 3.63) is 89.1 Å². The largest absolute Gasteiger partial charge is 0.399 e.